The Labute approximate surface area is 416 Å². The lowest BCUT2D eigenvalue weighted by molar-refractivity contribution is 0.282. The number of aliphatic hydroxyl groups is 1. The summed E-state index contributed by atoms with van der Waals surface area (Å²) in [6, 6.07) is 19.3. The zero-order chi connectivity index (χ0) is 51.0. The quantitative estimate of drug-likeness (QED) is 0.0245. The maximum Gasteiger partial charge on any atom is 0.296 e. The Morgan fingerprint density at radius 3 is 2.31 bits per heavy atom. The molecule has 22 nitrogen and oxygen atoms in total. The lowest BCUT2D eigenvalue weighted by Gasteiger charge is -2.11. The number of pyridine rings is 1. The van der Waals surface area contributed by atoms with Crippen molar-refractivity contribution in [2.24, 2.45) is 30.7 Å². The van der Waals surface area contributed by atoms with Crippen LogP contribution in [0.3, 0.4) is 0 Å². The fraction of sp³-hybridized carbons (Fsp3) is 0.163. The lowest BCUT2D eigenvalue weighted by Crippen LogP contribution is -2.04. The van der Waals surface area contributed by atoms with E-state index in [2.05, 4.69) is 46.7 Å². The van der Waals surface area contributed by atoms with Crippen molar-refractivity contribution in [1.82, 2.24) is 14.4 Å². The number of nitriles is 1. The van der Waals surface area contributed by atoms with Gasteiger partial charge in [-0.15, -0.1) is 42.4 Å². The Morgan fingerprint density at radius 1 is 0.873 bits per heavy atom. The molecular formula is C43H33ClN10O12S5. The topological polar surface area (TPSA) is 341 Å². The van der Waals surface area contributed by atoms with E-state index in [1.54, 1.807) is 31.2 Å². The molecule has 71 heavy (non-hydrogen) atoms. The molecule has 5 aromatic carbocycles. The van der Waals surface area contributed by atoms with Crippen LogP contribution >= 0.6 is 34.7 Å². The minimum absolute atomic E-state index is 0.00165. The number of fused-ring (bicyclic) bond motifs is 6. The van der Waals surface area contributed by atoms with Crippen molar-refractivity contribution in [3.8, 4) is 17.7 Å². The number of aromatic hydroxyl groups is 1. The van der Waals surface area contributed by atoms with Gasteiger partial charge in [0.1, 0.15) is 39.2 Å². The number of benzene rings is 5. The summed E-state index contributed by atoms with van der Waals surface area (Å²) in [5.41, 5.74) is 1.94. The number of imidazole rings is 1. The van der Waals surface area contributed by atoms with Gasteiger partial charge in [0, 0.05) is 27.5 Å². The number of thiazole rings is 1. The summed E-state index contributed by atoms with van der Waals surface area (Å²) < 4.78 is 108. The second-order valence-corrected chi connectivity index (χ2v) is 21.9. The van der Waals surface area contributed by atoms with Gasteiger partial charge in [0.25, 0.3) is 30.4 Å². The molecule has 8 rings (SSSR count). The number of ether oxygens (including phenoxy) is 1. The molecule has 3 heterocycles. The summed E-state index contributed by atoms with van der Waals surface area (Å²) in [6.07, 6.45) is 0.0851. The average Bonchev–Trinajstić information content (AvgIpc) is 3.93. The first-order valence-corrected chi connectivity index (χ1v) is 27.0. The lowest BCUT2D eigenvalue weighted by atomic mass is 10.1. The van der Waals surface area contributed by atoms with Crippen LogP contribution in [-0.2, 0) is 37.0 Å². The van der Waals surface area contributed by atoms with Crippen LogP contribution in [0.5, 0.6) is 11.6 Å². The molecule has 0 amide bonds. The average molecular weight is 1080 g/mol. The SMILES string of the molecule is [CH]CCOc1cc(N=Nc2c(C)c(C#N)c3nc4ccccc4n3c2O)c(Cl)cc1N=Nc1cc(CO)c(N=Nc2nc3c(S(=O)(=O)O)cc4ccc(S(=O)(=O)O)cc4c3s2)cc1SCCCS(=O)(=O)O. The summed E-state index contributed by atoms with van der Waals surface area (Å²) in [4.78, 5) is 7.98. The van der Waals surface area contributed by atoms with Crippen molar-refractivity contribution in [2.45, 2.75) is 41.1 Å². The van der Waals surface area contributed by atoms with Crippen LogP contribution < -0.4 is 4.74 Å². The number of aromatic nitrogens is 3. The Bertz CT molecular complexity index is 3970. The number of rotatable bonds is 17. The highest BCUT2D eigenvalue weighted by Gasteiger charge is 2.24. The second-order valence-electron chi connectivity index (χ2n) is 15.0. The molecule has 0 saturated heterocycles. The number of thioether (sulfide) groups is 1. The molecule has 2 radical (unpaired) electrons. The molecule has 0 saturated carbocycles. The molecule has 0 spiro atoms. The third-order valence-corrected chi connectivity index (χ3v) is 15.3. The maximum absolute atomic E-state index is 12.4. The van der Waals surface area contributed by atoms with Gasteiger partial charge in [-0.2, -0.15) is 30.5 Å². The van der Waals surface area contributed by atoms with E-state index in [0.29, 0.717) is 21.5 Å². The van der Waals surface area contributed by atoms with Crippen LogP contribution in [0.15, 0.2) is 118 Å². The summed E-state index contributed by atoms with van der Waals surface area (Å²) in [5.74, 6) is -0.662. The summed E-state index contributed by atoms with van der Waals surface area (Å²) in [6.45, 7) is 6.72. The molecule has 0 bridgehead atoms. The molecule has 0 fully saturated rings. The molecule has 0 atom stereocenters. The number of nitrogens with zero attached hydrogens (tertiary/aromatic N) is 10. The molecule has 28 heteroatoms. The van der Waals surface area contributed by atoms with Crippen molar-refractivity contribution in [3.63, 3.8) is 0 Å². The van der Waals surface area contributed by atoms with Crippen LogP contribution in [0.4, 0.5) is 33.6 Å². The first-order chi connectivity index (χ1) is 33.7. The predicted octanol–water partition coefficient (Wildman–Crippen LogP) is 10.9. The van der Waals surface area contributed by atoms with E-state index < -0.39 is 52.5 Å². The molecule has 8 aromatic rings. The van der Waals surface area contributed by atoms with E-state index >= 15 is 0 Å². The van der Waals surface area contributed by atoms with Crippen molar-refractivity contribution >= 4 is 136 Å². The van der Waals surface area contributed by atoms with Gasteiger partial charge in [0.05, 0.1) is 56.0 Å². The van der Waals surface area contributed by atoms with Gasteiger partial charge in [-0.25, -0.2) is 9.97 Å². The monoisotopic (exact) mass is 1080 g/mol. The van der Waals surface area contributed by atoms with Crippen LogP contribution in [0.25, 0.3) is 37.7 Å². The van der Waals surface area contributed by atoms with Gasteiger partial charge >= 0.3 is 0 Å². The highest BCUT2D eigenvalue weighted by atomic mass is 35.5. The van der Waals surface area contributed by atoms with Gasteiger partial charge in [-0.1, -0.05) is 41.1 Å². The van der Waals surface area contributed by atoms with E-state index in [0.717, 1.165) is 41.3 Å². The van der Waals surface area contributed by atoms with Crippen LogP contribution in [0, 0.1) is 25.2 Å². The minimum atomic E-state index is -4.87. The van der Waals surface area contributed by atoms with Crippen LogP contribution in [-0.4, -0.2) is 81.6 Å². The van der Waals surface area contributed by atoms with E-state index in [4.69, 9.17) is 23.3 Å². The standard InChI is InChI=1S/C43H33ClN10O12S5/c1-3-11-66-35-18-31(49-52-38-22(2)27(20-45)41-46-29-7-4-5-8-34(29)54(41)42(38)56)28(44)17-32(35)50-51-33-14-24(21-55)30(19-36(33)67-12-6-13-69(57,58)59)48-53-43-47-39-37(71(63,64)65)15-23-9-10-25(70(60,61)62)16-26(23)40(39)68-43/h1,4-5,7-10,14-19,55-56H,3,6,11-13,21H2,2H3,(H,57,58,59)(H,60,61,62)(H,63,64,65). The Balaban J connectivity index is 1.17. The highest BCUT2D eigenvalue weighted by molar-refractivity contribution is 7.99. The first-order valence-electron chi connectivity index (χ1n) is 20.3. The number of para-hydroxylation sites is 2. The summed E-state index contributed by atoms with van der Waals surface area (Å²) >= 11 is 8.59. The van der Waals surface area contributed by atoms with Crippen molar-refractivity contribution < 1.29 is 53.9 Å². The van der Waals surface area contributed by atoms with Crippen molar-refractivity contribution in [2.75, 3.05) is 18.1 Å². The molecular weight excluding hydrogens is 1040 g/mol. The van der Waals surface area contributed by atoms with Gasteiger partial charge < -0.3 is 14.9 Å². The zero-order valence-corrected chi connectivity index (χ0v) is 41.1. The zero-order valence-electron chi connectivity index (χ0n) is 36.2. The molecule has 0 aliphatic rings. The number of aliphatic hydroxyl groups excluding tert-OH is 1. The highest BCUT2D eigenvalue weighted by Crippen LogP contribution is 2.45. The molecule has 0 unspecified atom stereocenters. The van der Waals surface area contributed by atoms with Crippen molar-refractivity contribution in [1.29, 1.82) is 5.26 Å². The molecule has 364 valence electrons. The number of hydrogen-bond acceptors (Lipinski definition) is 20. The normalized spacial score (nSPS) is 12.8. The van der Waals surface area contributed by atoms with Crippen LogP contribution in [0.2, 0.25) is 5.02 Å². The van der Waals surface area contributed by atoms with E-state index in [1.807, 2.05) is 0 Å². The summed E-state index contributed by atoms with van der Waals surface area (Å²) in [5, 5.41) is 58.0. The van der Waals surface area contributed by atoms with E-state index in [9.17, 15) is 54.4 Å². The number of halogens is 1. The number of hydrogen-bond donors (Lipinski definition) is 5. The molecule has 0 aliphatic heterocycles. The Morgan fingerprint density at radius 2 is 1.61 bits per heavy atom. The maximum atomic E-state index is 12.4. The Hall–Kier alpha value is -6.58. The second kappa shape index (κ2) is 20.3. The summed E-state index contributed by atoms with van der Waals surface area (Å²) in [7, 11) is -13.9. The third-order valence-electron chi connectivity index (χ3n) is 10.3. The van der Waals surface area contributed by atoms with Gasteiger partial charge in [0.15, 0.2) is 11.3 Å². The fourth-order valence-corrected chi connectivity index (χ4v) is 11.1. The smallest absolute Gasteiger partial charge is 0.296 e. The first kappa shape index (κ1) is 50.8. The van der Waals surface area contributed by atoms with Gasteiger partial charge in [0.2, 0.25) is 11.0 Å². The molecule has 0 aliphatic carbocycles. The van der Waals surface area contributed by atoms with Crippen molar-refractivity contribution in [3.05, 3.63) is 101 Å². The number of azo groups is 3. The Kier molecular flexibility index (Phi) is 14.5. The largest absolute Gasteiger partial charge is 0.493 e. The fourth-order valence-electron chi connectivity index (χ4n) is 7.06. The van der Waals surface area contributed by atoms with Gasteiger partial charge in [-0.05, 0) is 86.4 Å². The van der Waals surface area contributed by atoms with E-state index in [-0.39, 0.29) is 113 Å². The molecule has 5 N–H and O–H groups in total. The third kappa shape index (κ3) is 10.9. The van der Waals surface area contributed by atoms with Gasteiger partial charge in [-0.3, -0.25) is 18.1 Å². The minimum Gasteiger partial charge on any atom is -0.493 e. The van der Waals surface area contributed by atoms with E-state index in [1.165, 1.54) is 34.7 Å². The van der Waals surface area contributed by atoms with Crippen LogP contribution in [0.1, 0.15) is 29.5 Å². The predicted molar refractivity (Wildman–Crippen MR) is 263 cm³/mol. The molecule has 3 aromatic heterocycles.